The van der Waals surface area contributed by atoms with E-state index in [1.807, 2.05) is 0 Å². The minimum atomic E-state index is -2.53. The first-order chi connectivity index (χ1) is 9.95. The topological polar surface area (TPSA) is 29.1 Å². The normalized spacial score (nSPS) is 10.7. The van der Waals surface area contributed by atoms with Gasteiger partial charge in [0.15, 0.2) is 0 Å². The third kappa shape index (κ3) is 4.50. The third-order valence-corrected chi connectivity index (χ3v) is 3.85. The molecule has 0 aromatic heterocycles. The van der Waals surface area contributed by atoms with Crippen molar-refractivity contribution in [3.8, 4) is 0 Å². The van der Waals surface area contributed by atoms with Crippen molar-refractivity contribution in [1.29, 1.82) is 0 Å². The van der Waals surface area contributed by atoms with Crippen molar-refractivity contribution in [3.63, 3.8) is 0 Å². The molecule has 0 bridgehead atoms. The van der Waals surface area contributed by atoms with Crippen molar-refractivity contribution >= 4 is 39.3 Å². The Morgan fingerprint density at radius 2 is 1.95 bits per heavy atom. The monoisotopic (exact) mass is 375 g/mol. The molecule has 2 aromatic rings. The maximum atomic E-state index is 13.4. The Morgan fingerprint density at radius 3 is 2.62 bits per heavy atom. The van der Waals surface area contributed by atoms with Gasteiger partial charge in [-0.05, 0) is 52.3 Å². The van der Waals surface area contributed by atoms with E-state index in [-0.39, 0.29) is 10.0 Å². The Bertz CT molecular complexity index is 666. The fraction of sp³-hybridized carbons (Fsp3) is 0.0714. The number of hydrogen-bond acceptors (Lipinski definition) is 2. The van der Waals surface area contributed by atoms with Crippen molar-refractivity contribution in [2.75, 3.05) is 5.32 Å². The smallest absolute Gasteiger partial charge is 0.288 e. The van der Waals surface area contributed by atoms with Crippen LogP contribution in [-0.4, -0.2) is 11.7 Å². The van der Waals surface area contributed by atoms with Gasteiger partial charge in [-0.15, -0.1) is 0 Å². The number of anilines is 1. The maximum absolute atomic E-state index is 13.4. The number of alkyl halides is 2. The van der Waals surface area contributed by atoms with Crippen molar-refractivity contribution in [1.82, 2.24) is 0 Å². The summed E-state index contributed by atoms with van der Waals surface area (Å²) in [7, 11) is 0. The molecule has 0 heterocycles. The van der Waals surface area contributed by atoms with Crippen molar-refractivity contribution in [3.05, 3.63) is 58.3 Å². The molecule has 0 unspecified atom stereocenters. The predicted molar refractivity (Wildman–Crippen MR) is 80.4 cm³/mol. The lowest BCUT2D eigenvalue weighted by molar-refractivity contribution is 0.102. The number of halogens is 4. The molecule has 2 aromatic carbocycles. The summed E-state index contributed by atoms with van der Waals surface area (Å²) in [6.07, 6.45) is 0. The number of carbonyl (C=O) groups excluding carboxylic acids is 1. The number of thioether (sulfide) groups is 1. The average molecular weight is 376 g/mol. The lowest BCUT2D eigenvalue weighted by Crippen LogP contribution is -2.12. The molecule has 0 radical (unpaired) electrons. The quantitative estimate of drug-likeness (QED) is 0.748. The van der Waals surface area contributed by atoms with Gasteiger partial charge in [0.1, 0.15) is 5.82 Å². The summed E-state index contributed by atoms with van der Waals surface area (Å²) in [5, 5.41) is 2.54. The van der Waals surface area contributed by atoms with Gasteiger partial charge in [0.05, 0.1) is 4.47 Å². The van der Waals surface area contributed by atoms with Gasteiger partial charge in [-0.3, -0.25) is 4.79 Å². The van der Waals surface area contributed by atoms with Gasteiger partial charge >= 0.3 is 0 Å². The molecule has 2 nitrogen and oxygen atoms in total. The fourth-order valence-electron chi connectivity index (χ4n) is 1.59. The second kappa shape index (κ2) is 7.00. The molecule has 1 amide bonds. The lowest BCUT2D eigenvalue weighted by atomic mass is 10.2. The van der Waals surface area contributed by atoms with Gasteiger partial charge in [0, 0.05) is 16.1 Å². The number of carbonyl (C=O) groups is 1. The van der Waals surface area contributed by atoms with Crippen LogP contribution in [0.25, 0.3) is 0 Å². The molecule has 7 heteroatoms. The van der Waals surface area contributed by atoms with Gasteiger partial charge in [0.2, 0.25) is 0 Å². The number of nitrogens with one attached hydrogen (secondary N) is 1. The number of hydrogen-bond donors (Lipinski definition) is 1. The molecule has 0 atom stereocenters. The number of amides is 1. The van der Waals surface area contributed by atoms with Crippen LogP contribution in [-0.2, 0) is 0 Å². The van der Waals surface area contributed by atoms with Gasteiger partial charge in [-0.1, -0.05) is 17.8 Å². The summed E-state index contributed by atoms with van der Waals surface area (Å²) in [4.78, 5) is 12.3. The third-order valence-electron chi connectivity index (χ3n) is 2.50. The van der Waals surface area contributed by atoms with Crippen LogP contribution < -0.4 is 5.32 Å². The molecule has 1 N–H and O–H groups in total. The number of rotatable bonds is 4. The second-order valence-electron chi connectivity index (χ2n) is 3.99. The second-order valence-corrected chi connectivity index (χ2v) is 5.91. The van der Waals surface area contributed by atoms with E-state index in [1.165, 1.54) is 24.3 Å². The summed E-state index contributed by atoms with van der Waals surface area (Å²) in [5.74, 6) is -3.60. The van der Waals surface area contributed by atoms with Crippen LogP contribution in [0.1, 0.15) is 10.4 Å². The molecule has 21 heavy (non-hydrogen) atoms. The molecular formula is C14H9BrF3NOS. The van der Waals surface area contributed by atoms with Crippen molar-refractivity contribution in [2.24, 2.45) is 0 Å². The summed E-state index contributed by atoms with van der Waals surface area (Å²) >= 11 is 3.39. The molecule has 0 fully saturated rings. The molecule has 0 saturated heterocycles. The molecule has 0 spiro atoms. The zero-order valence-electron chi connectivity index (χ0n) is 10.4. The highest BCUT2D eigenvalue weighted by molar-refractivity contribution is 9.10. The minimum Gasteiger partial charge on any atom is -0.322 e. The minimum absolute atomic E-state index is 0.141. The van der Waals surface area contributed by atoms with Crippen LogP contribution in [0.15, 0.2) is 51.8 Å². The summed E-state index contributed by atoms with van der Waals surface area (Å²) in [5.41, 5.74) is 0.511. The van der Waals surface area contributed by atoms with Crippen LogP contribution in [0.2, 0.25) is 0 Å². The van der Waals surface area contributed by atoms with E-state index < -0.39 is 17.5 Å². The van der Waals surface area contributed by atoms with E-state index in [0.717, 1.165) is 6.07 Å². The zero-order chi connectivity index (χ0) is 15.4. The molecule has 2 rings (SSSR count). The molecule has 0 aliphatic rings. The van der Waals surface area contributed by atoms with E-state index in [0.29, 0.717) is 22.3 Å². The Hall–Kier alpha value is -1.47. The Labute approximate surface area is 131 Å². The van der Waals surface area contributed by atoms with E-state index in [2.05, 4.69) is 21.2 Å². The standard InChI is InChI=1S/C14H9BrF3NOS/c15-11-5-4-8(6-12(11)16)13(20)19-9-2-1-3-10(7-9)21-14(17)18/h1-7,14H,(H,19,20). The van der Waals surface area contributed by atoms with Gasteiger partial charge < -0.3 is 5.32 Å². The Kier molecular flexibility index (Phi) is 5.30. The fourth-order valence-corrected chi connectivity index (χ4v) is 2.40. The van der Waals surface area contributed by atoms with Gasteiger partial charge in [0.25, 0.3) is 11.7 Å². The first-order valence-corrected chi connectivity index (χ1v) is 7.44. The highest BCUT2D eigenvalue weighted by atomic mass is 79.9. The molecular weight excluding hydrogens is 367 g/mol. The largest absolute Gasteiger partial charge is 0.322 e. The Balaban J connectivity index is 2.13. The molecule has 0 saturated carbocycles. The Morgan fingerprint density at radius 1 is 1.19 bits per heavy atom. The van der Waals surface area contributed by atoms with Crippen LogP contribution in [0.5, 0.6) is 0 Å². The van der Waals surface area contributed by atoms with Crippen molar-refractivity contribution in [2.45, 2.75) is 10.7 Å². The van der Waals surface area contributed by atoms with E-state index in [4.69, 9.17) is 0 Å². The van der Waals surface area contributed by atoms with Crippen LogP contribution >= 0.6 is 27.7 Å². The van der Waals surface area contributed by atoms with E-state index >= 15 is 0 Å². The lowest BCUT2D eigenvalue weighted by Gasteiger charge is -2.07. The summed E-state index contributed by atoms with van der Waals surface area (Å²) in [6, 6.07) is 10.1. The van der Waals surface area contributed by atoms with Gasteiger partial charge in [-0.25, -0.2) is 4.39 Å². The van der Waals surface area contributed by atoms with Crippen molar-refractivity contribution < 1.29 is 18.0 Å². The van der Waals surface area contributed by atoms with E-state index in [1.54, 1.807) is 12.1 Å². The molecule has 110 valence electrons. The summed E-state index contributed by atoms with van der Waals surface area (Å²) < 4.78 is 38.2. The SMILES string of the molecule is O=C(Nc1cccc(SC(F)F)c1)c1ccc(Br)c(F)c1. The average Bonchev–Trinajstić information content (AvgIpc) is 2.41. The zero-order valence-corrected chi connectivity index (χ0v) is 12.8. The number of benzene rings is 2. The maximum Gasteiger partial charge on any atom is 0.288 e. The van der Waals surface area contributed by atoms with Gasteiger partial charge in [-0.2, -0.15) is 8.78 Å². The first kappa shape index (κ1) is 15.9. The molecule has 0 aliphatic carbocycles. The highest BCUT2D eigenvalue weighted by Gasteiger charge is 2.10. The summed E-state index contributed by atoms with van der Waals surface area (Å²) in [6.45, 7) is 0. The van der Waals surface area contributed by atoms with E-state index in [9.17, 15) is 18.0 Å². The molecule has 0 aliphatic heterocycles. The highest BCUT2D eigenvalue weighted by Crippen LogP contribution is 2.27. The first-order valence-electron chi connectivity index (χ1n) is 5.77. The van der Waals surface area contributed by atoms with Crippen LogP contribution in [0, 0.1) is 5.82 Å². The van der Waals surface area contributed by atoms with Crippen LogP contribution in [0.3, 0.4) is 0 Å². The van der Waals surface area contributed by atoms with Crippen LogP contribution in [0.4, 0.5) is 18.9 Å². The predicted octanol–water partition coefficient (Wildman–Crippen LogP) is 5.16.